The molecule has 0 spiro atoms. The lowest BCUT2D eigenvalue weighted by atomic mass is 10.4. The summed E-state index contributed by atoms with van der Waals surface area (Å²) in [6.45, 7) is 2.35. The molecular formula is C12H14BrN3O2S2. The number of sulfonamides is 1. The lowest BCUT2D eigenvalue weighted by Crippen LogP contribution is -2.29. The number of nitrogens with zero attached hydrogens (tertiary/aromatic N) is 3. The van der Waals surface area contributed by atoms with Crippen LogP contribution in [0.3, 0.4) is 0 Å². The van der Waals surface area contributed by atoms with Gasteiger partial charge in [-0.25, -0.2) is 18.4 Å². The van der Waals surface area contributed by atoms with Crippen molar-refractivity contribution in [1.29, 1.82) is 0 Å². The summed E-state index contributed by atoms with van der Waals surface area (Å²) in [5.74, 6) is 0. The van der Waals surface area contributed by atoms with E-state index in [1.165, 1.54) is 10.5 Å². The van der Waals surface area contributed by atoms with Gasteiger partial charge >= 0.3 is 0 Å². The first-order valence-electron chi connectivity index (χ1n) is 5.89. The van der Waals surface area contributed by atoms with Crippen LogP contribution in [0.25, 0.3) is 0 Å². The number of rotatable bonds is 5. The van der Waals surface area contributed by atoms with Crippen LogP contribution in [0, 0.1) is 6.92 Å². The highest BCUT2D eigenvalue weighted by Gasteiger charge is 2.24. The number of aromatic nitrogens is 2. The van der Waals surface area contributed by atoms with E-state index in [0.717, 1.165) is 9.88 Å². The molecule has 0 fully saturated rings. The Morgan fingerprint density at radius 2 is 2.15 bits per heavy atom. The van der Waals surface area contributed by atoms with Gasteiger partial charge in [0.1, 0.15) is 0 Å². The molecule has 0 atom stereocenters. The highest BCUT2D eigenvalue weighted by molar-refractivity contribution is 9.10. The minimum absolute atomic E-state index is 0.0396. The predicted molar refractivity (Wildman–Crippen MR) is 82.3 cm³/mol. The molecule has 20 heavy (non-hydrogen) atoms. The van der Waals surface area contributed by atoms with Gasteiger partial charge in [-0.1, -0.05) is 0 Å². The first kappa shape index (κ1) is 15.6. The Labute approximate surface area is 130 Å². The highest BCUT2D eigenvalue weighted by atomic mass is 79.9. The Kier molecular flexibility index (Phi) is 4.90. The Bertz CT molecular complexity index is 700. The number of aryl methyl sites for hydroxylation is 1. The van der Waals surface area contributed by atoms with Gasteiger partial charge in [-0.2, -0.15) is 4.31 Å². The quantitative estimate of drug-likeness (QED) is 0.804. The van der Waals surface area contributed by atoms with E-state index in [1.807, 2.05) is 6.92 Å². The Morgan fingerprint density at radius 1 is 1.40 bits per heavy atom. The van der Waals surface area contributed by atoms with Crippen molar-refractivity contribution in [2.45, 2.75) is 18.4 Å². The second kappa shape index (κ2) is 6.30. The lowest BCUT2D eigenvalue weighted by molar-refractivity contribution is 0.469. The van der Waals surface area contributed by atoms with Crippen LogP contribution >= 0.6 is 27.3 Å². The summed E-state index contributed by atoms with van der Waals surface area (Å²) in [4.78, 5) is 9.30. The highest BCUT2D eigenvalue weighted by Crippen LogP contribution is 2.22. The molecule has 2 rings (SSSR count). The molecule has 0 radical (unpaired) electrons. The van der Waals surface area contributed by atoms with Gasteiger partial charge in [0, 0.05) is 37.3 Å². The molecule has 0 aliphatic rings. The molecule has 2 aromatic heterocycles. The van der Waals surface area contributed by atoms with E-state index >= 15 is 0 Å². The fraction of sp³-hybridized carbons (Fsp3) is 0.333. The molecule has 0 amide bonds. The van der Waals surface area contributed by atoms with Gasteiger partial charge in [-0.3, -0.25) is 0 Å². The topological polar surface area (TPSA) is 63.2 Å². The first-order valence-corrected chi connectivity index (χ1v) is 8.94. The van der Waals surface area contributed by atoms with Crippen molar-refractivity contribution in [3.8, 4) is 0 Å². The molecule has 0 N–H and O–H groups in total. The van der Waals surface area contributed by atoms with Crippen LogP contribution in [0.4, 0.5) is 0 Å². The summed E-state index contributed by atoms with van der Waals surface area (Å²) in [7, 11) is -2.03. The Hall–Kier alpha value is -0.830. The number of thiazole rings is 1. The zero-order valence-corrected chi connectivity index (χ0v) is 14.3. The van der Waals surface area contributed by atoms with Gasteiger partial charge in [0.15, 0.2) is 5.03 Å². The summed E-state index contributed by atoms with van der Waals surface area (Å²) in [5.41, 5.74) is 0. The summed E-state index contributed by atoms with van der Waals surface area (Å²) < 4.78 is 26.6. The predicted octanol–water partition coefficient (Wildman–Crippen LogP) is 2.47. The molecule has 0 aliphatic carbocycles. The Morgan fingerprint density at radius 3 is 2.75 bits per heavy atom. The molecule has 5 nitrogen and oxygen atoms in total. The van der Waals surface area contributed by atoms with E-state index in [2.05, 4.69) is 25.9 Å². The molecule has 0 saturated heterocycles. The summed E-state index contributed by atoms with van der Waals surface area (Å²) >= 11 is 4.80. The molecular weight excluding hydrogens is 362 g/mol. The molecule has 2 aromatic rings. The van der Waals surface area contributed by atoms with E-state index in [1.54, 1.807) is 36.7 Å². The zero-order chi connectivity index (χ0) is 14.8. The zero-order valence-electron chi connectivity index (χ0n) is 11.1. The van der Waals surface area contributed by atoms with Gasteiger partial charge in [-0.15, -0.1) is 11.3 Å². The molecule has 2 heterocycles. The fourth-order valence-corrected chi connectivity index (χ4v) is 4.38. The normalized spacial score (nSPS) is 12.0. The van der Waals surface area contributed by atoms with E-state index in [9.17, 15) is 8.42 Å². The van der Waals surface area contributed by atoms with Crippen molar-refractivity contribution < 1.29 is 8.42 Å². The fourth-order valence-electron chi connectivity index (χ4n) is 1.60. The van der Waals surface area contributed by atoms with Crippen LogP contribution < -0.4 is 0 Å². The second-order valence-corrected chi connectivity index (χ2v) is 8.37. The van der Waals surface area contributed by atoms with Crippen molar-refractivity contribution in [3.05, 3.63) is 38.9 Å². The minimum Gasteiger partial charge on any atom is -0.249 e. The maximum absolute atomic E-state index is 12.4. The molecule has 0 unspecified atom stereocenters. The molecule has 0 saturated carbocycles. The van der Waals surface area contributed by atoms with E-state index in [-0.39, 0.29) is 5.03 Å². The number of hydrogen-bond acceptors (Lipinski definition) is 5. The van der Waals surface area contributed by atoms with E-state index < -0.39 is 10.0 Å². The molecule has 108 valence electrons. The maximum atomic E-state index is 12.4. The SMILES string of the molecule is Cc1cnc(CCN(C)S(=O)(=O)c2ncccc2Br)s1. The third-order valence-electron chi connectivity index (χ3n) is 2.69. The van der Waals surface area contributed by atoms with Crippen molar-refractivity contribution in [2.24, 2.45) is 0 Å². The van der Waals surface area contributed by atoms with Crippen LogP contribution in [0.2, 0.25) is 0 Å². The maximum Gasteiger partial charge on any atom is 0.261 e. The van der Waals surface area contributed by atoms with E-state index in [4.69, 9.17) is 0 Å². The number of hydrogen-bond donors (Lipinski definition) is 0. The minimum atomic E-state index is -3.58. The van der Waals surface area contributed by atoms with Crippen LogP contribution in [0.5, 0.6) is 0 Å². The van der Waals surface area contributed by atoms with Crippen LogP contribution in [-0.2, 0) is 16.4 Å². The monoisotopic (exact) mass is 375 g/mol. The summed E-state index contributed by atoms with van der Waals surface area (Å²) in [5, 5.41) is 0.974. The van der Waals surface area contributed by atoms with Gasteiger partial charge in [0.25, 0.3) is 10.0 Å². The average molecular weight is 376 g/mol. The van der Waals surface area contributed by atoms with Crippen molar-refractivity contribution in [2.75, 3.05) is 13.6 Å². The van der Waals surface area contributed by atoms with Gasteiger partial charge in [0.05, 0.1) is 9.48 Å². The molecule has 8 heteroatoms. The third kappa shape index (κ3) is 3.43. The number of pyridine rings is 1. The standard InChI is InChI=1S/C12H14BrN3O2S2/c1-9-8-15-11(19-9)5-7-16(2)20(17,18)12-10(13)4-3-6-14-12/h3-4,6,8H,5,7H2,1-2H3. The Balaban J connectivity index is 2.12. The van der Waals surface area contributed by atoms with Crippen LogP contribution in [-0.4, -0.2) is 36.3 Å². The largest absolute Gasteiger partial charge is 0.261 e. The van der Waals surface area contributed by atoms with E-state index in [0.29, 0.717) is 17.4 Å². The van der Waals surface area contributed by atoms with Crippen molar-refractivity contribution in [1.82, 2.24) is 14.3 Å². The van der Waals surface area contributed by atoms with Gasteiger partial charge in [-0.05, 0) is 35.0 Å². The van der Waals surface area contributed by atoms with Gasteiger partial charge < -0.3 is 0 Å². The van der Waals surface area contributed by atoms with Crippen molar-refractivity contribution >= 4 is 37.3 Å². The number of halogens is 1. The molecule has 0 aliphatic heterocycles. The third-order valence-corrected chi connectivity index (χ3v) is 6.38. The average Bonchev–Trinajstić information content (AvgIpc) is 2.82. The van der Waals surface area contributed by atoms with Crippen molar-refractivity contribution in [3.63, 3.8) is 0 Å². The van der Waals surface area contributed by atoms with Gasteiger partial charge in [0.2, 0.25) is 0 Å². The first-order chi connectivity index (χ1) is 9.41. The second-order valence-electron chi connectivity index (χ2n) is 4.23. The number of likely N-dealkylation sites (N-methyl/N-ethyl adjacent to an activating group) is 1. The van der Waals surface area contributed by atoms with Crippen LogP contribution in [0.1, 0.15) is 9.88 Å². The summed E-state index contributed by atoms with van der Waals surface area (Å²) in [6.07, 6.45) is 3.86. The molecule has 0 bridgehead atoms. The van der Waals surface area contributed by atoms with Crippen LogP contribution in [0.15, 0.2) is 34.0 Å². The lowest BCUT2D eigenvalue weighted by Gasteiger charge is -2.16. The molecule has 0 aromatic carbocycles. The smallest absolute Gasteiger partial charge is 0.249 e. The summed E-state index contributed by atoms with van der Waals surface area (Å²) in [6, 6.07) is 3.35.